The Morgan fingerprint density at radius 2 is 1.82 bits per heavy atom. The molecule has 0 aliphatic heterocycles. The van der Waals surface area contributed by atoms with Crippen molar-refractivity contribution in [1.29, 1.82) is 0 Å². The first-order valence-electron chi connectivity index (χ1n) is 13.6. The Balaban J connectivity index is 1.25. The Hall–Kier alpha value is -4.02. The molecule has 2 aliphatic carbocycles. The number of benzene rings is 1. The predicted molar refractivity (Wildman–Crippen MR) is 141 cm³/mol. The lowest BCUT2D eigenvalue weighted by Gasteiger charge is -2.25. The van der Waals surface area contributed by atoms with Crippen LogP contribution in [0.3, 0.4) is 0 Å². The van der Waals surface area contributed by atoms with Gasteiger partial charge in [-0.1, -0.05) is 44.2 Å². The van der Waals surface area contributed by atoms with E-state index < -0.39 is 17.9 Å². The standard InChI is InChI=1S/C28H34N6O5/c1-16(18-11-12-18)30-26(36)24-32-23(33-34-24)19-9-6-10-20(14-19)27-29-15-22(39-27)25(35)31-21(28(37)38-2)13-17-7-4-3-5-8-17/h6,9-10,14-18,21H,3-5,7-8,11-13H2,1-2H3,(H,30,36)(H,31,35)(H,32,33,34)/t16-,21?/m0/s1. The monoisotopic (exact) mass is 534 g/mol. The van der Waals surface area contributed by atoms with Crippen LogP contribution in [0.25, 0.3) is 22.8 Å². The Morgan fingerprint density at radius 1 is 1.05 bits per heavy atom. The summed E-state index contributed by atoms with van der Waals surface area (Å²) in [4.78, 5) is 45.0. The first kappa shape index (κ1) is 26.6. The molecule has 2 fully saturated rings. The average molecular weight is 535 g/mol. The van der Waals surface area contributed by atoms with Crippen LogP contribution in [0.15, 0.2) is 34.9 Å². The van der Waals surface area contributed by atoms with Crippen LogP contribution < -0.4 is 10.6 Å². The summed E-state index contributed by atoms with van der Waals surface area (Å²) >= 11 is 0. The number of carbonyl (C=O) groups excluding carboxylic acids is 3. The van der Waals surface area contributed by atoms with Gasteiger partial charge in [0.1, 0.15) is 6.04 Å². The highest BCUT2D eigenvalue weighted by molar-refractivity contribution is 5.94. The van der Waals surface area contributed by atoms with Gasteiger partial charge < -0.3 is 24.8 Å². The molecule has 39 heavy (non-hydrogen) atoms. The maximum absolute atomic E-state index is 12.9. The van der Waals surface area contributed by atoms with Gasteiger partial charge in [0.25, 0.3) is 11.8 Å². The molecule has 0 saturated heterocycles. The summed E-state index contributed by atoms with van der Waals surface area (Å²) < 4.78 is 10.7. The minimum atomic E-state index is -0.743. The minimum absolute atomic E-state index is 0.00337. The molecule has 11 nitrogen and oxygen atoms in total. The number of H-pyrrole nitrogens is 1. The summed E-state index contributed by atoms with van der Waals surface area (Å²) in [5, 5.41) is 13.8. The van der Waals surface area contributed by atoms with Gasteiger partial charge in [0.05, 0.1) is 13.3 Å². The number of nitrogens with zero attached hydrogens (tertiary/aromatic N) is 3. The lowest BCUT2D eigenvalue weighted by Crippen LogP contribution is -2.42. The second-order valence-corrected chi connectivity index (χ2v) is 10.5. The molecule has 206 valence electrons. The van der Waals surface area contributed by atoms with Crippen LogP contribution in [0.4, 0.5) is 0 Å². The summed E-state index contributed by atoms with van der Waals surface area (Å²) in [6, 6.07) is 6.54. The van der Waals surface area contributed by atoms with Crippen LogP contribution in [0.2, 0.25) is 0 Å². The van der Waals surface area contributed by atoms with Crippen molar-refractivity contribution < 1.29 is 23.5 Å². The number of esters is 1. The Bertz CT molecular complexity index is 1320. The number of ether oxygens (including phenoxy) is 1. The Labute approximate surface area is 226 Å². The fraction of sp³-hybridized carbons (Fsp3) is 0.500. The number of aromatic nitrogens is 4. The third kappa shape index (κ3) is 6.52. The largest absolute Gasteiger partial charge is 0.467 e. The summed E-state index contributed by atoms with van der Waals surface area (Å²) in [5.74, 6) is 0.424. The van der Waals surface area contributed by atoms with Crippen LogP contribution in [0.5, 0.6) is 0 Å². The van der Waals surface area contributed by atoms with E-state index in [4.69, 9.17) is 9.15 Å². The fourth-order valence-electron chi connectivity index (χ4n) is 5.14. The first-order chi connectivity index (χ1) is 18.9. The van der Waals surface area contributed by atoms with Gasteiger partial charge in [-0.25, -0.2) is 9.78 Å². The van der Waals surface area contributed by atoms with Crippen LogP contribution in [-0.4, -0.2) is 57.1 Å². The number of nitrogens with one attached hydrogen (secondary N) is 3. The summed E-state index contributed by atoms with van der Waals surface area (Å²) in [6.45, 7) is 1.99. The average Bonchev–Trinajstić information content (AvgIpc) is 3.48. The van der Waals surface area contributed by atoms with E-state index in [0.29, 0.717) is 35.2 Å². The van der Waals surface area contributed by atoms with E-state index in [1.54, 1.807) is 18.2 Å². The van der Waals surface area contributed by atoms with E-state index in [9.17, 15) is 14.4 Å². The van der Waals surface area contributed by atoms with Gasteiger partial charge in [0.15, 0.2) is 5.82 Å². The SMILES string of the molecule is COC(=O)C(CC1CCCCC1)NC(=O)c1cnc(-c2cccc(-c3nnc(C(=O)N[C@@H](C)C4CC4)[nH]3)c2)o1. The molecule has 0 bridgehead atoms. The summed E-state index contributed by atoms with van der Waals surface area (Å²) in [6.07, 6.45) is 9.71. The van der Waals surface area contributed by atoms with Gasteiger partial charge in [0, 0.05) is 17.2 Å². The van der Waals surface area contributed by atoms with Crippen molar-refractivity contribution in [1.82, 2.24) is 30.8 Å². The number of aromatic amines is 1. The second kappa shape index (κ2) is 11.8. The molecule has 0 spiro atoms. The molecule has 3 N–H and O–H groups in total. The van der Waals surface area contributed by atoms with Crippen molar-refractivity contribution in [2.45, 2.75) is 70.4 Å². The van der Waals surface area contributed by atoms with E-state index in [-0.39, 0.29) is 29.4 Å². The zero-order chi connectivity index (χ0) is 27.4. The van der Waals surface area contributed by atoms with Gasteiger partial charge in [-0.05, 0) is 50.2 Å². The van der Waals surface area contributed by atoms with E-state index in [1.165, 1.54) is 19.7 Å². The molecule has 0 radical (unpaired) electrons. The number of hydrogen-bond acceptors (Lipinski definition) is 8. The smallest absolute Gasteiger partial charge is 0.328 e. The molecule has 2 amide bonds. The maximum atomic E-state index is 12.9. The molecule has 11 heteroatoms. The number of rotatable bonds is 10. The predicted octanol–water partition coefficient (Wildman–Crippen LogP) is 3.90. The van der Waals surface area contributed by atoms with Crippen molar-refractivity contribution in [3.63, 3.8) is 0 Å². The second-order valence-electron chi connectivity index (χ2n) is 10.5. The zero-order valence-electron chi connectivity index (χ0n) is 22.2. The van der Waals surface area contributed by atoms with Crippen LogP contribution in [0.1, 0.15) is 79.5 Å². The van der Waals surface area contributed by atoms with Gasteiger partial charge in [0.2, 0.25) is 17.5 Å². The van der Waals surface area contributed by atoms with Crippen molar-refractivity contribution in [2.75, 3.05) is 7.11 Å². The highest BCUT2D eigenvalue weighted by Gasteiger charge is 2.30. The van der Waals surface area contributed by atoms with E-state index in [0.717, 1.165) is 38.5 Å². The van der Waals surface area contributed by atoms with Gasteiger partial charge in [-0.2, -0.15) is 0 Å². The van der Waals surface area contributed by atoms with Crippen molar-refractivity contribution in [3.8, 4) is 22.8 Å². The fourth-order valence-corrected chi connectivity index (χ4v) is 5.14. The van der Waals surface area contributed by atoms with E-state index in [1.807, 2.05) is 13.0 Å². The highest BCUT2D eigenvalue weighted by atomic mass is 16.5. The minimum Gasteiger partial charge on any atom is -0.467 e. The third-order valence-electron chi connectivity index (χ3n) is 7.59. The molecular formula is C28H34N6O5. The summed E-state index contributed by atoms with van der Waals surface area (Å²) in [7, 11) is 1.32. The maximum Gasteiger partial charge on any atom is 0.328 e. The zero-order valence-corrected chi connectivity index (χ0v) is 22.2. The molecule has 5 rings (SSSR count). The highest BCUT2D eigenvalue weighted by Crippen LogP contribution is 2.32. The molecule has 3 aromatic rings. The van der Waals surface area contributed by atoms with E-state index >= 15 is 0 Å². The van der Waals surface area contributed by atoms with Crippen molar-refractivity contribution in [2.24, 2.45) is 11.8 Å². The van der Waals surface area contributed by atoms with Crippen molar-refractivity contribution in [3.05, 3.63) is 42.0 Å². The normalized spacial score (nSPS) is 17.3. The molecule has 1 unspecified atom stereocenters. The third-order valence-corrected chi connectivity index (χ3v) is 7.59. The Morgan fingerprint density at radius 3 is 2.56 bits per heavy atom. The van der Waals surface area contributed by atoms with Crippen LogP contribution in [-0.2, 0) is 9.53 Å². The van der Waals surface area contributed by atoms with Crippen molar-refractivity contribution >= 4 is 17.8 Å². The number of oxazole rings is 1. The van der Waals surface area contributed by atoms with Crippen LogP contribution in [0, 0.1) is 11.8 Å². The molecule has 1 aromatic carbocycles. The van der Waals surface area contributed by atoms with Gasteiger partial charge in [-0.15, -0.1) is 10.2 Å². The summed E-state index contributed by atoms with van der Waals surface area (Å²) in [5.41, 5.74) is 1.29. The topological polar surface area (TPSA) is 152 Å². The van der Waals surface area contributed by atoms with Gasteiger partial charge >= 0.3 is 5.97 Å². The van der Waals surface area contributed by atoms with Crippen LogP contribution >= 0.6 is 0 Å². The number of hydrogen-bond donors (Lipinski definition) is 3. The molecular weight excluding hydrogens is 500 g/mol. The first-order valence-corrected chi connectivity index (χ1v) is 13.6. The van der Waals surface area contributed by atoms with E-state index in [2.05, 4.69) is 30.8 Å². The quantitative estimate of drug-likeness (QED) is 0.331. The number of methoxy groups -OCH3 is 1. The molecule has 2 saturated carbocycles. The number of amides is 2. The lowest BCUT2D eigenvalue weighted by molar-refractivity contribution is -0.143. The molecule has 2 atom stereocenters. The number of carbonyl (C=O) groups is 3. The van der Waals surface area contributed by atoms with Gasteiger partial charge in [-0.3, -0.25) is 9.59 Å². The lowest BCUT2D eigenvalue weighted by atomic mass is 9.85. The molecule has 2 aliphatic rings. The molecule has 2 aromatic heterocycles. The Kier molecular flexibility index (Phi) is 8.04. The molecule has 2 heterocycles.